The van der Waals surface area contributed by atoms with Crippen LogP contribution in [0.25, 0.3) is 21.3 Å². The molecule has 1 aliphatic heterocycles. The highest BCUT2D eigenvalue weighted by Crippen LogP contribution is 2.36. The average molecular weight is 553 g/mol. The Labute approximate surface area is 224 Å². The third-order valence-corrected chi connectivity index (χ3v) is 9.64. The number of hydrogen-bond acceptors (Lipinski definition) is 7. The van der Waals surface area contributed by atoms with Crippen LogP contribution in [0, 0.1) is 20.8 Å². The van der Waals surface area contributed by atoms with Crippen LogP contribution in [0.4, 0.5) is 5.69 Å². The van der Waals surface area contributed by atoms with E-state index < -0.39 is 15.9 Å². The third kappa shape index (κ3) is 5.02. The monoisotopic (exact) mass is 552 g/mol. The number of fused-ring (bicyclic) bond motifs is 1. The fourth-order valence-corrected chi connectivity index (χ4v) is 6.91. The summed E-state index contributed by atoms with van der Waals surface area (Å²) in [6.07, 6.45) is 1.39. The minimum absolute atomic E-state index is 0.148. The van der Waals surface area contributed by atoms with Crippen LogP contribution in [0.15, 0.2) is 58.5 Å². The number of carbonyl (C=O) groups is 1. The van der Waals surface area contributed by atoms with E-state index in [2.05, 4.69) is 16.4 Å². The second-order valence-electron chi connectivity index (χ2n) is 9.28. The first-order valence-corrected chi connectivity index (χ1v) is 14.4. The van der Waals surface area contributed by atoms with Crippen LogP contribution in [0.1, 0.15) is 16.0 Å². The van der Waals surface area contributed by atoms with Crippen molar-refractivity contribution in [2.24, 2.45) is 0 Å². The van der Waals surface area contributed by atoms with E-state index in [-0.39, 0.29) is 17.0 Å². The van der Waals surface area contributed by atoms with Gasteiger partial charge in [0, 0.05) is 29.2 Å². The first kappa shape index (κ1) is 26.2. The van der Waals surface area contributed by atoms with Gasteiger partial charge in [-0.05, 0) is 61.7 Å². The lowest BCUT2D eigenvalue weighted by Crippen LogP contribution is -2.40. The number of aryl methyl sites for hydroxylation is 3. The summed E-state index contributed by atoms with van der Waals surface area (Å²) >= 11 is 1.46. The van der Waals surface area contributed by atoms with Gasteiger partial charge in [0.1, 0.15) is 11.4 Å². The molecule has 1 fully saturated rings. The zero-order chi connectivity index (χ0) is 27.0. The molecule has 5 rings (SSSR count). The van der Waals surface area contributed by atoms with E-state index in [1.165, 1.54) is 56.4 Å². The van der Waals surface area contributed by atoms with Gasteiger partial charge in [0.25, 0.3) is 5.56 Å². The van der Waals surface area contributed by atoms with Crippen molar-refractivity contribution in [3.8, 4) is 11.1 Å². The molecule has 0 aliphatic carbocycles. The van der Waals surface area contributed by atoms with Gasteiger partial charge in [-0.25, -0.2) is 13.4 Å². The lowest BCUT2D eigenvalue weighted by Gasteiger charge is -2.26. The van der Waals surface area contributed by atoms with Crippen molar-refractivity contribution >= 4 is 43.2 Å². The number of rotatable bonds is 6. The molecule has 0 unspecified atom stereocenters. The molecule has 38 heavy (non-hydrogen) atoms. The number of nitrogens with zero attached hydrogens (tertiary/aromatic N) is 3. The van der Waals surface area contributed by atoms with Gasteiger partial charge < -0.3 is 10.1 Å². The molecular weight excluding hydrogens is 524 g/mol. The molecule has 1 amide bonds. The molecule has 4 aromatic rings. The maximum atomic E-state index is 13.5. The Kier molecular flexibility index (Phi) is 7.19. The van der Waals surface area contributed by atoms with E-state index in [1.54, 1.807) is 0 Å². The van der Waals surface area contributed by atoms with Crippen LogP contribution in [0.2, 0.25) is 0 Å². The van der Waals surface area contributed by atoms with Crippen molar-refractivity contribution in [3.05, 3.63) is 75.1 Å². The highest BCUT2D eigenvalue weighted by atomic mass is 32.2. The largest absolute Gasteiger partial charge is 0.379 e. The lowest BCUT2D eigenvalue weighted by atomic mass is 9.99. The van der Waals surface area contributed by atoms with Crippen LogP contribution >= 0.6 is 11.3 Å². The molecule has 0 radical (unpaired) electrons. The molecule has 198 valence electrons. The van der Waals surface area contributed by atoms with E-state index in [0.29, 0.717) is 42.2 Å². The molecule has 1 N–H and O–H groups in total. The van der Waals surface area contributed by atoms with Crippen LogP contribution in [0.3, 0.4) is 0 Å². The zero-order valence-corrected chi connectivity index (χ0v) is 23.0. The number of morpholine rings is 1. The summed E-state index contributed by atoms with van der Waals surface area (Å²) in [6, 6.07) is 12.1. The molecule has 1 aliphatic rings. The van der Waals surface area contributed by atoms with Gasteiger partial charge in [0.05, 0.1) is 29.8 Å². The highest BCUT2D eigenvalue weighted by molar-refractivity contribution is 7.89. The van der Waals surface area contributed by atoms with Gasteiger partial charge in [-0.3, -0.25) is 14.2 Å². The molecule has 3 heterocycles. The van der Waals surface area contributed by atoms with Gasteiger partial charge in [0.2, 0.25) is 15.9 Å². The predicted molar refractivity (Wildman–Crippen MR) is 148 cm³/mol. The van der Waals surface area contributed by atoms with Crippen molar-refractivity contribution in [1.29, 1.82) is 0 Å². The predicted octanol–water partition coefficient (Wildman–Crippen LogP) is 3.71. The number of sulfonamides is 1. The molecular formula is C27H28N4O5S2. The van der Waals surface area contributed by atoms with E-state index in [4.69, 9.17) is 4.74 Å². The fraction of sp³-hybridized carbons (Fsp3) is 0.296. The summed E-state index contributed by atoms with van der Waals surface area (Å²) in [4.78, 5) is 32.5. The Hall–Kier alpha value is -3.38. The molecule has 0 saturated carbocycles. The van der Waals surface area contributed by atoms with Gasteiger partial charge in [-0.1, -0.05) is 18.2 Å². The van der Waals surface area contributed by atoms with E-state index in [0.717, 1.165) is 21.6 Å². The number of thiophene rings is 1. The second-order valence-corrected chi connectivity index (χ2v) is 12.4. The van der Waals surface area contributed by atoms with Gasteiger partial charge in [0.15, 0.2) is 0 Å². The summed E-state index contributed by atoms with van der Waals surface area (Å²) in [6.45, 7) is 7.17. The molecule has 11 heteroatoms. The van der Waals surface area contributed by atoms with E-state index >= 15 is 0 Å². The molecule has 2 aromatic heterocycles. The van der Waals surface area contributed by atoms with E-state index in [1.807, 2.05) is 32.9 Å². The molecule has 0 spiro atoms. The number of anilines is 1. The Morgan fingerprint density at radius 1 is 1.05 bits per heavy atom. The van der Waals surface area contributed by atoms with Crippen LogP contribution in [-0.4, -0.2) is 54.5 Å². The molecule has 9 nitrogen and oxygen atoms in total. The second kappa shape index (κ2) is 10.4. The Balaban J connectivity index is 1.36. The van der Waals surface area contributed by atoms with Crippen LogP contribution in [0.5, 0.6) is 0 Å². The normalized spacial score (nSPS) is 14.6. The maximum Gasteiger partial charge on any atom is 0.263 e. The number of ether oxygens (including phenoxy) is 1. The average Bonchev–Trinajstić information content (AvgIpc) is 3.25. The minimum Gasteiger partial charge on any atom is -0.379 e. The van der Waals surface area contributed by atoms with Gasteiger partial charge >= 0.3 is 0 Å². The standard InChI is InChI=1S/C27H28N4O5S2/c1-17-4-5-20(14-18(17)2)24-19(3)37-26-25(24)27(33)30(16-28-26)15-23(32)29-21-6-8-22(9-7-21)38(34,35)31-10-12-36-13-11-31/h4-9,14,16H,10-13,15H2,1-3H3,(H,29,32). The van der Waals surface area contributed by atoms with Gasteiger partial charge in [-0.2, -0.15) is 4.31 Å². The molecule has 1 saturated heterocycles. The van der Waals surface area contributed by atoms with E-state index in [9.17, 15) is 18.0 Å². The van der Waals surface area contributed by atoms with Crippen molar-refractivity contribution in [3.63, 3.8) is 0 Å². The Morgan fingerprint density at radius 2 is 1.76 bits per heavy atom. The maximum absolute atomic E-state index is 13.5. The number of nitrogens with one attached hydrogen (secondary N) is 1. The van der Waals surface area contributed by atoms with Crippen molar-refractivity contribution in [2.45, 2.75) is 32.2 Å². The summed E-state index contributed by atoms with van der Waals surface area (Å²) in [7, 11) is -3.62. The summed E-state index contributed by atoms with van der Waals surface area (Å²) in [5, 5.41) is 3.24. The summed E-state index contributed by atoms with van der Waals surface area (Å²) in [5.41, 5.74) is 4.25. The van der Waals surface area contributed by atoms with Crippen molar-refractivity contribution < 1.29 is 17.9 Å². The van der Waals surface area contributed by atoms with Crippen molar-refractivity contribution in [1.82, 2.24) is 13.9 Å². The molecule has 0 bridgehead atoms. The zero-order valence-electron chi connectivity index (χ0n) is 21.4. The van der Waals surface area contributed by atoms with Crippen LogP contribution < -0.4 is 10.9 Å². The number of benzene rings is 2. The van der Waals surface area contributed by atoms with Gasteiger partial charge in [-0.15, -0.1) is 11.3 Å². The number of hydrogen-bond donors (Lipinski definition) is 1. The first-order valence-electron chi connectivity index (χ1n) is 12.2. The summed E-state index contributed by atoms with van der Waals surface area (Å²) < 4.78 is 33.5. The quantitative estimate of drug-likeness (QED) is 0.391. The molecule has 0 atom stereocenters. The first-order chi connectivity index (χ1) is 18.1. The topological polar surface area (TPSA) is 111 Å². The Bertz CT molecular complexity index is 1690. The Morgan fingerprint density at radius 3 is 2.45 bits per heavy atom. The van der Waals surface area contributed by atoms with Crippen molar-refractivity contribution in [2.75, 3.05) is 31.6 Å². The smallest absolute Gasteiger partial charge is 0.263 e. The highest BCUT2D eigenvalue weighted by Gasteiger charge is 2.26. The lowest BCUT2D eigenvalue weighted by molar-refractivity contribution is -0.116. The number of amides is 1. The number of aromatic nitrogens is 2. The summed E-state index contributed by atoms with van der Waals surface area (Å²) in [5.74, 6) is -0.420. The fourth-order valence-electron chi connectivity index (χ4n) is 4.50. The third-order valence-electron chi connectivity index (χ3n) is 6.71. The molecule has 2 aromatic carbocycles. The number of carbonyl (C=O) groups excluding carboxylic acids is 1. The SMILES string of the molecule is Cc1ccc(-c2c(C)sc3ncn(CC(=O)Nc4ccc(S(=O)(=O)N5CCOCC5)cc4)c(=O)c23)cc1C. The minimum atomic E-state index is -3.62. The van der Waals surface area contributed by atoms with Crippen LogP contribution in [-0.2, 0) is 26.1 Å².